The van der Waals surface area contributed by atoms with E-state index in [9.17, 15) is 19.2 Å². The van der Waals surface area contributed by atoms with Crippen LogP contribution in [0, 0.1) is 10.8 Å². The third-order valence-corrected chi connectivity index (χ3v) is 8.91. The summed E-state index contributed by atoms with van der Waals surface area (Å²) in [6, 6.07) is 24.6. The van der Waals surface area contributed by atoms with Crippen molar-refractivity contribution in [2.24, 2.45) is 10.8 Å². The van der Waals surface area contributed by atoms with E-state index in [1.165, 1.54) is 0 Å². The highest BCUT2D eigenvalue weighted by Gasteiger charge is 2.49. The Labute approximate surface area is 277 Å². The molecule has 11 heteroatoms. The van der Waals surface area contributed by atoms with Crippen molar-refractivity contribution < 1.29 is 24.4 Å². The summed E-state index contributed by atoms with van der Waals surface area (Å²) in [4.78, 5) is 61.5. The Hall–Kier alpha value is -5.68. The van der Waals surface area contributed by atoms with E-state index in [2.05, 4.69) is 25.9 Å². The van der Waals surface area contributed by atoms with Crippen LogP contribution in [0.4, 0.5) is 11.4 Å². The molecule has 0 atom stereocenters. The summed E-state index contributed by atoms with van der Waals surface area (Å²) in [5.74, 6) is -3.12. The lowest BCUT2D eigenvalue weighted by atomic mass is 9.53. The number of nitrogens with zero attached hydrogens (tertiary/aromatic N) is 2. The number of para-hydroxylation sites is 2. The molecule has 1 fully saturated rings. The van der Waals surface area contributed by atoms with Crippen molar-refractivity contribution >= 4 is 56.8 Å². The van der Waals surface area contributed by atoms with Gasteiger partial charge in [0.05, 0.1) is 22.4 Å². The molecule has 2 aromatic heterocycles. The van der Waals surface area contributed by atoms with Crippen molar-refractivity contribution in [3.63, 3.8) is 0 Å². The van der Waals surface area contributed by atoms with Gasteiger partial charge in [-0.1, -0.05) is 62.4 Å². The van der Waals surface area contributed by atoms with Gasteiger partial charge in [-0.15, -0.1) is 0 Å². The molecule has 1 aliphatic rings. The van der Waals surface area contributed by atoms with Crippen molar-refractivity contribution in [1.29, 1.82) is 0 Å². The third-order valence-electron chi connectivity index (χ3n) is 8.91. The molecule has 4 amide bonds. The van der Waals surface area contributed by atoms with Gasteiger partial charge >= 0.3 is 0 Å². The Morgan fingerprint density at radius 2 is 1.25 bits per heavy atom. The number of fused-ring (bicyclic) bond motifs is 2. The molecule has 6 rings (SSSR count). The first-order valence-electron chi connectivity index (χ1n) is 15.7. The van der Waals surface area contributed by atoms with Gasteiger partial charge in [-0.2, -0.15) is 0 Å². The van der Waals surface area contributed by atoms with Gasteiger partial charge in [-0.25, -0.2) is 5.48 Å². The standard InChI is InChI=1S/C37H36N6O5/c1-36(19-29(44)43-48)20-37(2,21-36)22-40-33(45)26-15-13-23(14-16-26)30(34(46)41-27-11-3-7-24-9-5-17-38-31(24)27)35(47)42-28-12-4-8-25-10-6-18-39-32(25)28/h3-18,30,48H,19-22H2,1-2H3,(H,40,45)(H,41,46)(H,42,47)(H,43,44). The Morgan fingerprint density at radius 1 is 0.729 bits per heavy atom. The zero-order valence-corrected chi connectivity index (χ0v) is 26.6. The highest BCUT2D eigenvalue weighted by Crippen LogP contribution is 2.55. The first kappa shape index (κ1) is 32.3. The number of nitrogens with one attached hydrogen (secondary N) is 4. The fourth-order valence-corrected chi connectivity index (χ4v) is 7.15. The molecule has 1 saturated carbocycles. The molecule has 5 aromatic rings. The van der Waals surface area contributed by atoms with E-state index in [-0.39, 0.29) is 23.2 Å². The molecule has 11 nitrogen and oxygen atoms in total. The van der Waals surface area contributed by atoms with Gasteiger partial charge in [0.25, 0.3) is 5.91 Å². The second-order valence-electron chi connectivity index (χ2n) is 13.2. The zero-order chi connectivity index (χ0) is 33.9. The smallest absolute Gasteiger partial charge is 0.251 e. The highest BCUT2D eigenvalue weighted by atomic mass is 16.5. The van der Waals surface area contributed by atoms with Crippen molar-refractivity contribution in [2.75, 3.05) is 17.2 Å². The normalized spacial score (nSPS) is 18.6. The summed E-state index contributed by atoms with van der Waals surface area (Å²) < 4.78 is 0. The molecule has 3 aromatic carbocycles. The second-order valence-corrected chi connectivity index (χ2v) is 13.2. The van der Waals surface area contributed by atoms with Gasteiger partial charge in [-0.05, 0) is 65.6 Å². The lowest BCUT2D eigenvalue weighted by Crippen LogP contribution is -2.51. The van der Waals surface area contributed by atoms with E-state index in [4.69, 9.17) is 5.21 Å². The average molecular weight is 645 g/mol. The number of aromatic nitrogens is 2. The first-order valence-corrected chi connectivity index (χ1v) is 15.7. The highest BCUT2D eigenvalue weighted by molar-refractivity contribution is 6.17. The van der Waals surface area contributed by atoms with Gasteiger partial charge in [0, 0.05) is 41.7 Å². The molecule has 0 spiro atoms. The molecular formula is C37H36N6O5. The number of benzene rings is 3. The van der Waals surface area contributed by atoms with Crippen LogP contribution in [-0.2, 0) is 14.4 Å². The number of amides is 4. The fraction of sp³-hybridized carbons (Fsp3) is 0.243. The van der Waals surface area contributed by atoms with Gasteiger partial charge in [-0.3, -0.25) is 34.4 Å². The fourth-order valence-electron chi connectivity index (χ4n) is 7.15. The summed E-state index contributed by atoms with van der Waals surface area (Å²) in [6.07, 6.45) is 4.93. The summed E-state index contributed by atoms with van der Waals surface area (Å²) in [5, 5.41) is 19.3. The van der Waals surface area contributed by atoms with Crippen molar-refractivity contribution in [3.05, 3.63) is 108 Å². The molecule has 0 saturated heterocycles. The number of carbonyl (C=O) groups excluding carboxylic acids is 4. The second kappa shape index (κ2) is 13.2. The van der Waals surface area contributed by atoms with Gasteiger partial charge in [0.2, 0.25) is 17.7 Å². The van der Waals surface area contributed by atoms with Crippen LogP contribution in [0.2, 0.25) is 0 Å². The van der Waals surface area contributed by atoms with E-state index < -0.39 is 23.6 Å². The maximum Gasteiger partial charge on any atom is 0.251 e. The number of hydroxylamine groups is 1. The zero-order valence-electron chi connectivity index (χ0n) is 26.6. The molecule has 5 N–H and O–H groups in total. The minimum atomic E-state index is -1.28. The largest absolute Gasteiger partial charge is 0.351 e. The first-order chi connectivity index (χ1) is 23.1. The maximum atomic E-state index is 13.9. The number of rotatable bonds is 10. The molecule has 0 bridgehead atoms. The van der Waals surface area contributed by atoms with Gasteiger partial charge in [0.15, 0.2) is 0 Å². The Bertz CT molecular complexity index is 1920. The van der Waals surface area contributed by atoms with Crippen LogP contribution in [0.25, 0.3) is 21.8 Å². The molecule has 1 aliphatic carbocycles. The number of carbonyl (C=O) groups is 4. The lowest BCUT2D eigenvalue weighted by Gasteiger charge is -2.53. The van der Waals surface area contributed by atoms with Crippen LogP contribution in [-0.4, -0.2) is 45.3 Å². The number of hydrogen-bond acceptors (Lipinski definition) is 7. The van der Waals surface area contributed by atoms with Gasteiger partial charge < -0.3 is 16.0 Å². The molecular weight excluding hydrogens is 608 g/mol. The van der Waals surface area contributed by atoms with Crippen molar-refractivity contribution in [1.82, 2.24) is 20.8 Å². The SMILES string of the molecule is CC1(CNC(=O)c2ccc(C(C(=O)Nc3cccc4cccnc34)C(=O)Nc3cccc4cccnc34)cc2)CC(C)(CC(=O)NO)C1. The van der Waals surface area contributed by atoms with E-state index in [0.29, 0.717) is 40.1 Å². The molecule has 0 aliphatic heterocycles. The number of anilines is 2. The summed E-state index contributed by atoms with van der Waals surface area (Å²) in [6.45, 7) is 4.45. The Morgan fingerprint density at radius 3 is 1.77 bits per heavy atom. The van der Waals surface area contributed by atoms with Gasteiger partial charge in [0.1, 0.15) is 5.92 Å². The van der Waals surface area contributed by atoms with Crippen LogP contribution in [0.3, 0.4) is 0 Å². The molecule has 0 unspecified atom stereocenters. The van der Waals surface area contributed by atoms with E-state index in [1.54, 1.807) is 66.4 Å². The van der Waals surface area contributed by atoms with E-state index in [1.807, 2.05) is 50.2 Å². The maximum absolute atomic E-state index is 13.9. The summed E-state index contributed by atoms with van der Waals surface area (Å²) in [7, 11) is 0. The monoisotopic (exact) mass is 644 g/mol. The lowest BCUT2D eigenvalue weighted by molar-refractivity contribution is -0.136. The van der Waals surface area contributed by atoms with Crippen LogP contribution in [0.5, 0.6) is 0 Å². The predicted molar refractivity (Wildman–Crippen MR) is 182 cm³/mol. The minimum Gasteiger partial charge on any atom is -0.351 e. The average Bonchev–Trinajstić information content (AvgIpc) is 3.07. The molecule has 48 heavy (non-hydrogen) atoms. The number of hydrogen-bond donors (Lipinski definition) is 5. The van der Waals surface area contributed by atoms with Crippen LogP contribution in [0.15, 0.2) is 97.3 Å². The summed E-state index contributed by atoms with van der Waals surface area (Å²) >= 11 is 0. The van der Waals surface area contributed by atoms with Crippen molar-refractivity contribution in [3.8, 4) is 0 Å². The third kappa shape index (κ3) is 6.86. The van der Waals surface area contributed by atoms with Crippen LogP contribution < -0.4 is 21.4 Å². The van der Waals surface area contributed by atoms with Crippen LogP contribution in [0.1, 0.15) is 54.9 Å². The van der Waals surface area contributed by atoms with E-state index in [0.717, 1.165) is 23.6 Å². The molecule has 244 valence electrons. The summed E-state index contributed by atoms with van der Waals surface area (Å²) in [5.41, 5.74) is 4.15. The van der Waals surface area contributed by atoms with E-state index >= 15 is 0 Å². The molecule has 0 radical (unpaired) electrons. The minimum absolute atomic E-state index is 0.186. The van der Waals surface area contributed by atoms with Crippen LogP contribution >= 0.6 is 0 Å². The Balaban J connectivity index is 1.21. The Kier molecular flexibility index (Phi) is 8.88. The quantitative estimate of drug-likeness (QED) is 0.0754. The molecule has 2 heterocycles. The van der Waals surface area contributed by atoms with Crippen molar-refractivity contribution in [2.45, 2.75) is 39.0 Å². The number of pyridine rings is 2. The predicted octanol–water partition coefficient (Wildman–Crippen LogP) is 5.58. The topological polar surface area (TPSA) is 162 Å².